The number of nitrogens with zero attached hydrogens (tertiary/aromatic N) is 1. The van der Waals surface area contributed by atoms with E-state index in [1.165, 1.54) is 0 Å². The molecule has 0 saturated heterocycles. The van der Waals surface area contributed by atoms with E-state index in [1.54, 1.807) is 35.2 Å². The largest absolute Gasteiger partial charge is 0.507 e. The van der Waals surface area contributed by atoms with Crippen molar-refractivity contribution >= 4 is 17.3 Å². The number of anilines is 2. The molecule has 1 amide bonds. The van der Waals surface area contributed by atoms with Crippen LogP contribution in [0.15, 0.2) is 42.5 Å². The maximum absolute atomic E-state index is 12.7. The van der Waals surface area contributed by atoms with Crippen LogP contribution in [0.2, 0.25) is 0 Å². The number of aryl methyl sites for hydroxylation is 1. The van der Waals surface area contributed by atoms with Gasteiger partial charge in [-0.25, -0.2) is 0 Å². The van der Waals surface area contributed by atoms with Gasteiger partial charge in [0, 0.05) is 17.9 Å². The average Bonchev–Trinajstić information content (AvgIpc) is 2.46. The first kappa shape index (κ1) is 14.9. The Hall–Kier alpha value is -2.49. The van der Waals surface area contributed by atoms with Crippen LogP contribution in [-0.4, -0.2) is 17.6 Å². The maximum atomic E-state index is 12.7. The Morgan fingerprint density at radius 1 is 1.24 bits per heavy atom. The predicted octanol–water partition coefficient (Wildman–Crippen LogP) is 3.34. The normalized spacial score (nSPS) is 10.4. The van der Waals surface area contributed by atoms with Crippen LogP contribution < -0.4 is 10.6 Å². The lowest BCUT2D eigenvalue weighted by atomic mass is 10.1. The molecule has 0 bridgehead atoms. The van der Waals surface area contributed by atoms with Crippen LogP contribution in [-0.2, 0) is 0 Å². The molecule has 0 aliphatic carbocycles. The number of hydrogen-bond acceptors (Lipinski definition) is 3. The van der Waals surface area contributed by atoms with Gasteiger partial charge in [-0.3, -0.25) is 4.79 Å². The fourth-order valence-corrected chi connectivity index (χ4v) is 2.23. The molecular formula is C17H20N2O2. The molecule has 2 aromatic carbocycles. The molecule has 0 unspecified atom stereocenters. The summed E-state index contributed by atoms with van der Waals surface area (Å²) in [5, 5.41) is 9.95. The van der Waals surface area contributed by atoms with E-state index in [2.05, 4.69) is 0 Å². The number of phenols is 1. The summed E-state index contributed by atoms with van der Waals surface area (Å²) in [6, 6.07) is 12.2. The molecule has 0 atom stereocenters. The first-order valence-electron chi connectivity index (χ1n) is 7.00. The molecule has 4 nitrogen and oxygen atoms in total. The molecule has 0 saturated carbocycles. The summed E-state index contributed by atoms with van der Waals surface area (Å²) in [7, 11) is 0. The summed E-state index contributed by atoms with van der Waals surface area (Å²) in [6.07, 6.45) is 0.813. The van der Waals surface area contributed by atoms with Crippen molar-refractivity contribution in [1.82, 2.24) is 0 Å². The van der Waals surface area contributed by atoms with E-state index < -0.39 is 0 Å². The number of nitrogen functional groups attached to an aromatic ring is 1. The molecule has 0 aliphatic rings. The zero-order chi connectivity index (χ0) is 15.4. The highest BCUT2D eigenvalue weighted by Gasteiger charge is 2.20. The highest BCUT2D eigenvalue weighted by Crippen LogP contribution is 2.25. The number of nitrogens with two attached hydrogens (primary N) is 1. The Labute approximate surface area is 124 Å². The van der Waals surface area contributed by atoms with Crippen molar-refractivity contribution in [1.29, 1.82) is 0 Å². The minimum Gasteiger partial charge on any atom is -0.507 e. The number of aromatic hydroxyl groups is 1. The van der Waals surface area contributed by atoms with Gasteiger partial charge in [0.15, 0.2) is 0 Å². The second-order valence-corrected chi connectivity index (χ2v) is 5.07. The molecule has 2 rings (SSSR count). The molecule has 2 aromatic rings. The van der Waals surface area contributed by atoms with Gasteiger partial charge in [-0.15, -0.1) is 0 Å². The quantitative estimate of drug-likeness (QED) is 0.846. The number of carbonyl (C=O) groups excluding carboxylic acids is 1. The number of hydrogen-bond donors (Lipinski definition) is 2. The van der Waals surface area contributed by atoms with Gasteiger partial charge in [0.25, 0.3) is 5.91 Å². The molecular weight excluding hydrogens is 264 g/mol. The van der Waals surface area contributed by atoms with Gasteiger partial charge in [-0.2, -0.15) is 0 Å². The third-order valence-corrected chi connectivity index (χ3v) is 3.26. The topological polar surface area (TPSA) is 66.6 Å². The first-order chi connectivity index (χ1) is 10.0. The minimum atomic E-state index is -0.219. The maximum Gasteiger partial charge on any atom is 0.262 e. The van der Waals surface area contributed by atoms with Gasteiger partial charge in [0.05, 0.1) is 5.56 Å². The molecule has 0 aliphatic heterocycles. The van der Waals surface area contributed by atoms with Gasteiger partial charge in [-0.1, -0.05) is 24.6 Å². The molecule has 4 heteroatoms. The lowest BCUT2D eigenvalue weighted by molar-refractivity contribution is 0.0984. The Bertz CT molecular complexity index is 653. The summed E-state index contributed by atoms with van der Waals surface area (Å²) >= 11 is 0. The molecule has 110 valence electrons. The third-order valence-electron chi connectivity index (χ3n) is 3.26. The second-order valence-electron chi connectivity index (χ2n) is 5.07. The predicted molar refractivity (Wildman–Crippen MR) is 85.7 cm³/mol. The van der Waals surface area contributed by atoms with Gasteiger partial charge < -0.3 is 15.7 Å². The smallest absolute Gasteiger partial charge is 0.262 e. The Balaban J connectivity index is 2.42. The van der Waals surface area contributed by atoms with Gasteiger partial charge in [0.2, 0.25) is 0 Å². The zero-order valence-corrected chi connectivity index (χ0v) is 12.3. The first-order valence-corrected chi connectivity index (χ1v) is 7.00. The molecule has 0 fully saturated rings. The summed E-state index contributed by atoms with van der Waals surface area (Å²) in [5.74, 6) is -0.223. The molecule has 0 aromatic heterocycles. The van der Waals surface area contributed by atoms with E-state index in [9.17, 15) is 9.90 Å². The molecule has 0 radical (unpaired) electrons. The second kappa shape index (κ2) is 6.31. The van der Waals surface area contributed by atoms with E-state index >= 15 is 0 Å². The molecule has 21 heavy (non-hydrogen) atoms. The SMILES string of the molecule is CCCN(C(=O)c1cc(C)ccc1O)c1cccc(N)c1. The van der Waals surface area contributed by atoms with Crippen molar-refractivity contribution in [2.24, 2.45) is 0 Å². The fourth-order valence-electron chi connectivity index (χ4n) is 2.23. The summed E-state index contributed by atoms with van der Waals surface area (Å²) in [5.41, 5.74) is 8.38. The number of benzene rings is 2. The van der Waals surface area contributed by atoms with Crippen LogP contribution in [0.25, 0.3) is 0 Å². The van der Waals surface area contributed by atoms with E-state index in [0.717, 1.165) is 17.7 Å². The number of phenolic OH excluding ortho intramolecular Hbond substituents is 1. The molecule has 3 N–H and O–H groups in total. The van der Waals surface area contributed by atoms with Crippen molar-refractivity contribution in [3.8, 4) is 5.75 Å². The minimum absolute atomic E-state index is 0.00407. The summed E-state index contributed by atoms with van der Waals surface area (Å²) < 4.78 is 0. The van der Waals surface area contributed by atoms with E-state index in [1.807, 2.05) is 26.0 Å². The summed E-state index contributed by atoms with van der Waals surface area (Å²) in [6.45, 7) is 4.46. The summed E-state index contributed by atoms with van der Waals surface area (Å²) in [4.78, 5) is 14.4. The Morgan fingerprint density at radius 2 is 2.00 bits per heavy atom. The average molecular weight is 284 g/mol. The number of carbonyl (C=O) groups is 1. The van der Waals surface area contributed by atoms with Crippen LogP contribution in [0.5, 0.6) is 5.75 Å². The lowest BCUT2D eigenvalue weighted by Crippen LogP contribution is -2.31. The Morgan fingerprint density at radius 3 is 2.67 bits per heavy atom. The Kier molecular flexibility index (Phi) is 4.48. The van der Waals surface area contributed by atoms with E-state index in [4.69, 9.17) is 5.73 Å². The van der Waals surface area contributed by atoms with Crippen molar-refractivity contribution in [2.75, 3.05) is 17.2 Å². The van der Waals surface area contributed by atoms with Gasteiger partial charge >= 0.3 is 0 Å². The van der Waals surface area contributed by atoms with Crippen molar-refractivity contribution in [2.45, 2.75) is 20.3 Å². The zero-order valence-electron chi connectivity index (χ0n) is 12.3. The highest BCUT2D eigenvalue weighted by molar-refractivity contribution is 6.08. The van der Waals surface area contributed by atoms with Crippen LogP contribution in [0.1, 0.15) is 29.3 Å². The van der Waals surface area contributed by atoms with E-state index in [-0.39, 0.29) is 11.7 Å². The van der Waals surface area contributed by atoms with Gasteiger partial charge in [-0.05, 0) is 43.7 Å². The standard InChI is InChI=1S/C17H20N2O2/c1-3-9-19(14-6-4-5-13(18)11-14)17(21)15-10-12(2)7-8-16(15)20/h4-8,10-11,20H,3,9,18H2,1-2H3. The van der Waals surface area contributed by atoms with Crippen LogP contribution in [0.3, 0.4) is 0 Å². The monoisotopic (exact) mass is 284 g/mol. The highest BCUT2D eigenvalue weighted by atomic mass is 16.3. The van der Waals surface area contributed by atoms with Crippen molar-refractivity contribution in [3.63, 3.8) is 0 Å². The van der Waals surface area contributed by atoms with Gasteiger partial charge in [0.1, 0.15) is 5.75 Å². The fraction of sp³-hybridized carbons (Fsp3) is 0.235. The van der Waals surface area contributed by atoms with Crippen molar-refractivity contribution < 1.29 is 9.90 Å². The molecule has 0 spiro atoms. The molecule has 0 heterocycles. The van der Waals surface area contributed by atoms with Crippen LogP contribution in [0.4, 0.5) is 11.4 Å². The van der Waals surface area contributed by atoms with Crippen LogP contribution >= 0.6 is 0 Å². The third kappa shape index (κ3) is 3.34. The lowest BCUT2D eigenvalue weighted by Gasteiger charge is -2.23. The van der Waals surface area contributed by atoms with Crippen LogP contribution in [0, 0.1) is 6.92 Å². The number of rotatable bonds is 4. The van der Waals surface area contributed by atoms with Crippen molar-refractivity contribution in [3.05, 3.63) is 53.6 Å². The van der Waals surface area contributed by atoms with E-state index in [0.29, 0.717) is 17.8 Å². The number of amides is 1.